The second-order valence-electron chi connectivity index (χ2n) is 8.66. The lowest BCUT2D eigenvalue weighted by atomic mass is 9.90. The first kappa shape index (κ1) is 25.4. The van der Waals surface area contributed by atoms with Gasteiger partial charge in [0, 0.05) is 31.8 Å². The van der Waals surface area contributed by atoms with Crippen LogP contribution in [0, 0.1) is 29.6 Å². The van der Waals surface area contributed by atoms with Crippen LogP contribution >= 0.6 is 0 Å². The van der Waals surface area contributed by atoms with E-state index in [0.717, 1.165) is 51.6 Å². The molecule has 1 N–H and O–H groups in total. The minimum absolute atomic E-state index is 0.00398. The standard InChI is InChI=1S/C26H38O5/c1-3-4-11-20(2)24(31-26-14-9-10-19-30-26)18-16-21-15-17-23(27)22(21)12-7-5-6-8-13-25(28)29/h5,7,16,18,20-22,24,26H,6,8-15,17,19H2,1-2H3,(H,28,29)/b7-5-,18-16+/t20?,21-,22-,24-,26?/m1/s1. The molecule has 1 aliphatic carbocycles. The van der Waals surface area contributed by atoms with Gasteiger partial charge in [-0.3, -0.25) is 9.59 Å². The summed E-state index contributed by atoms with van der Waals surface area (Å²) in [7, 11) is 0. The van der Waals surface area contributed by atoms with Gasteiger partial charge in [0.05, 0.1) is 6.10 Å². The Bertz CT molecular complexity index is 678. The van der Waals surface area contributed by atoms with Crippen LogP contribution in [-0.2, 0) is 19.1 Å². The Morgan fingerprint density at radius 2 is 2.16 bits per heavy atom. The van der Waals surface area contributed by atoms with E-state index >= 15 is 0 Å². The van der Waals surface area contributed by atoms with Crippen molar-refractivity contribution in [2.75, 3.05) is 6.61 Å². The van der Waals surface area contributed by atoms with Crippen LogP contribution in [0.5, 0.6) is 0 Å². The Morgan fingerprint density at radius 1 is 1.32 bits per heavy atom. The highest BCUT2D eigenvalue weighted by atomic mass is 16.7. The van der Waals surface area contributed by atoms with Gasteiger partial charge in [0.15, 0.2) is 6.29 Å². The molecule has 0 amide bonds. The molecule has 2 aliphatic rings. The number of carbonyl (C=O) groups is 2. The summed E-state index contributed by atoms with van der Waals surface area (Å²) in [5.74, 6) is 6.15. The van der Waals surface area contributed by atoms with Crippen LogP contribution in [0.15, 0.2) is 24.3 Å². The summed E-state index contributed by atoms with van der Waals surface area (Å²) in [4.78, 5) is 23.0. The Labute approximate surface area is 187 Å². The zero-order valence-electron chi connectivity index (χ0n) is 19.1. The van der Waals surface area contributed by atoms with Gasteiger partial charge in [-0.2, -0.15) is 0 Å². The van der Waals surface area contributed by atoms with Gasteiger partial charge >= 0.3 is 5.97 Å². The summed E-state index contributed by atoms with van der Waals surface area (Å²) in [5, 5.41) is 8.70. The largest absolute Gasteiger partial charge is 0.481 e. The van der Waals surface area contributed by atoms with Crippen molar-refractivity contribution in [1.29, 1.82) is 0 Å². The van der Waals surface area contributed by atoms with Crippen molar-refractivity contribution in [3.8, 4) is 11.8 Å². The van der Waals surface area contributed by atoms with Crippen LogP contribution in [0.4, 0.5) is 0 Å². The fraction of sp³-hybridized carbons (Fsp3) is 0.692. The SMILES string of the molecule is CC#CCC(C)[C@@H](/C=C/[C@H]1CCC(=O)[C@@H]1C/C=C\CCCC(=O)O)OC1CCCCO1. The number of hydrogen-bond donors (Lipinski definition) is 1. The number of ketones is 1. The molecule has 5 nitrogen and oxygen atoms in total. The van der Waals surface area contributed by atoms with Crippen LogP contribution in [0.25, 0.3) is 0 Å². The molecule has 0 aromatic rings. The summed E-state index contributed by atoms with van der Waals surface area (Å²) < 4.78 is 12.1. The van der Waals surface area contributed by atoms with Gasteiger partial charge in [-0.25, -0.2) is 0 Å². The maximum absolute atomic E-state index is 12.4. The van der Waals surface area contributed by atoms with Crippen molar-refractivity contribution in [2.45, 2.75) is 90.4 Å². The average Bonchev–Trinajstić information content (AvgIpc) is 3.11. The molecule has 5 heteroatoms. The van der Waals surface area contributed by atoms with E-state index in [1.807, 2.05) is 19.1 Å². The molecule has 172 valence electrons. The fourth-order valence-electron chi connectivity index (χ4n) is 4.20. The number of rotatable bonds is 12. The molecule has 2 rings (SSSR count). The summed E-state index contributed by atoms with van der Waals surface area (Å²) >= 11 is 0. The van der Waals surface area contributed by atoms with Crippen molar-refractivity contribution in [1.82, 2.24) is 0 Å². The van der Waals surface area contributed by atoms with Gasteiger partial charge in [-0.1, -0.05) is 31.2 Å². The second kappa shape index (κ2) is 14.2. The fourth-order valence-corrected chi connectivity index (χ4v) is 4.20. The molecule has 2 fully saturated rings. The van der Waals surface area contributed by atoms with E-state index < -0.39 is 5.97 Å². The molecular weight excluding hydrogens is 392 g/mol. The summed E-state index contributed by atoms with van der Waals surface area (Å²) in [6, 6.07) is 0. The molecule has 1 heterocycles. The lowest BCUT2D eigenvalue weighted by molar-refractivity contribution is -0.186. The third-order valence-electron chi connectivity index (χ3n) is 6.13. The topological polar surface area (TPSA) is 72.8 Å². The lowest BCUT2D eigenvalue weighted by Gasteiger charge is -2.29. The molecule has 1 saturated heterocycles. The molecule has 2 unspecified atom stereocenters. The number of unbranched alkanes of at least 4 members (excludes halogenated alkanes) is 1. The maximum atomic E-state index is 12.4. The van der Waals surface area contributed by atoms with Gasteiger partial charge < -0.3 is 14.6 Å². The number of carboxylic acids is 1. The number of ether oxygens (including phenoxy) is 2. The van der Waals surface area contributed by atoms with Crippen LogP contribution in [0.1, 0.15) is 78.1 Å². The van der Waals surface area contributed by atoms with Gasteiger partial charge in [-0.05, 0) is 63.7 Å². The second-order valence-corrected chi connectivity index (χ2v) is 8.66. The Morgan fingerprint density at radius 3 is 2.87 bits per heavy atom. The van der Waals surface area contributed by atoms with E-state index in [1.54, 1.807) is 0 Å². The van der Waals surface area contributed by atoms with Gasteiger partial charge in [0.25, 0.3) is 0 Å². The molecule has 0 radical (unpaired) electrons. The highest BCUT2D eigenvalue weighted by Crippen LogP contribution is 2.33. The predicted molar refractivity (Wildman–Crippen MR) is 121 cm³/mol. The number of Topliss-reactive ketones (excluding diaryl/α,β-unsaturated/α-hetero) is 1. The first-order valence-corrected chi connectivity index (χ1v) is 11.8. The molecule has 0 aromatic carbocycles. The van der Waals surface area contributed by atoms with Crippen molar-refractivity contribution < 1.29 is 24.2 Å². The summed E-state index contributed by atoms with van der Waals surface area (Å²) in [5.41, 5.74) is 0. The third kappa shape index (κ3) is 9.41. The monoisotopic (exact) mass is 430 g/mol. The van der Waals surface area contributed by atoms with Crippen molar-refractivity contribution >= 4 is 11.8 Å². The van der Waals surface area contributed by atoms with Crippen LogP contribution in [0.2, 0.25) is 0 Å². The van der Waals surface area contributed by atoms with Crippen molar-refractivity contribution in [3.63, 3.8) is 0 Å². The van der Waals surface area contributed by atoms with Crippen LogP contribution in [-0.4, -0.2) is 35.9 Å². The predicted octanol–water partition coefficient (Wildman–Crippen LogP) is 5.30. The summed E-state index contributed by atoms with van der Waals surface area (Å²) in [6.07, 6.45) is 15.8. The number of carboxylic acid groups (broad SMARTS) is 1. The van der Waals surface area contributed by atoms with Crippen LogP contribution < -0.4 is 0 Å². The number of hydrogen-bond acceptors (Lipinski definition) is 4. The van der Waals surface area contributed by atoms with Gasteiger partial charge in [0.1, 0.15) is 5.78 Å². The Hall–Kier alpha value is -1.90. The Kier molecular flexibility index (Phi) is 11.6. The van der Waals surface area contributed by atoms with Gasteiger partial charge in [0.2, 0.25) is 0 Å². The third-order valence-corrected chi connectivity index (χ3v) is 6.13. The maximum Gasteiger partial charge on any atom is 0.303 e. The molecule has 31 heavy (non-hydrogen) atoms. The highest BCUT2D eigenvalue weighted by Gasteiger charge is 2.32. The van der Waals surface area contributed by atoms with E-state index in [0.29, 0.717) is 18.6 Å². The molecule has 1 saturated carbocycles. The average molecular weight is 431 g/mol. The van der Waals surface area contributed by atoms with Gasteiger partial charge in [-0.15, -0.1) is 11.8 Å². The van der Waals surface area contributed by atoms with E-state index in [9.17, 15) is 9.59 Å². The molecular formula is C26H38O5. The minimum atomic E-state index is -0.765. The zero-order chi connectivity index (χ0) is 22.5. The number of carbonyl (C=O) groups excluding carboxylic acids is 1. The quantitative estimate of drug-likeness (QED) is 0.258. The molecule has 0 bridgehead atoms. The molecule has 1 aliphatic heterocycles. The van der Waals surface area contributed by atoms with Crippen LogP contribution in [0.3, 0.4) is 0 Å². The van der Waals surface area contributed by atoms with Crippen molar-refractivity contribution in [2.24, 2.45) is 17.8 Å². The van der Waals surface area contributed by atoms with E-state index in [-0.39, 0.29) is 36.6 Å². The Balaban J connectivity index is 1.94. The zero-order valence-corrected chi connectivity index (χ0v) is 19.1. The lowest BCUT2D eigenvalue weighted by Crippen LogP contribution is -2.30. The number of allylic oxidation sites excluding steroid dienone is 3. The smallest absolute Gasteiger partial charge is 0.303 e. The first-order chi connectivity index (χ1) is 15.0. The van der Waals surface area contributed by atoms with E-state index in [2.05, 4.69) is 30.9 Å². The molecule has 0 spiro atoms. The molecule has 0 aromatic heterocycles. The van der Waals surface area contributed by atoms with E-state index in [1.165, 1.54) is 0 Å². The van der Waals surface area contributed by atoms with E-state index in [4.69, 9.17) is 14.6 Å². The van der Waals surface area contributed by atoms with Crippen molar-refractivity contribution in [3.05, 3.63) is 24.3 Å². The first-order valence-electron chi connectivity index (χ1n) is 11.8. The summed E-state index contributed by atoms with van der Waals surface area (Å²) in [6.45, 7) is 4.76. The highest BCUT2D eigenvalue weighted by molar-refractivity contribution is 5.83. The minimum Gasteiger partial charge on any atom is -0.481 e. The molecule has 5 atom stereocenters. The number of aliphatic carboxylic acids is 1. The normalized spacial score (nSPS) is 26.1.